The van der Waals surface area contributed by atoms with Gasteiger partial charge in [0.1, 0.15) is 0 Å². The summed E-state index contributed by atoms with van der Waals surface area (Å²) in [5, 5.41) is 3.35. The lowest BCUT2D eigenvalue weighted by Gasteiger charge is -2.08. The van der Waals surface area contributed by atoms with Gasteiger partial charge in [-0.1, -0.05) is 27.5 Å². The molecule has 0 radical (unpaired) electrons. The minimum absolute atomic E-state index is 0.265. The highest BCUT2D eigenvalue weighted by Gasteiger charge is 2.10. The lowest BCUT2D eigenvalue weighted by atomic mass is 10.1. The smallest absolute Gasteiger partial charge is 0.257 e. The number of hydrogen-bond donors (Lipinski definition) is 2. The summed E-state index contributed by atoms with van der Waals surface area (Å²) in [6.07, 6.45) is 0. The van der Waals surface area contributed by atoms with Gasteiger partial charge in [0, 0.05) is 20.3 Å². The van der Waals surface area contributed by atoms with Crippen molar-refractivity contribution in [2.24, 2.45) is 0 Å². The molecule has 0 atom stereocenters. The van der Waals surface area contributed by atoms with Gasteiger partial charge in [0.25, 0.3) is 5.91 Å². The van der Waals surface area contributed by atoms with Crippen LogP contribution in [0.2, 0.25) is 5.02 Å². The number of halogens is 3. The van der Waals surface area contributed by atoms with Crippen LogP contribution in [-0.2, 0) is 0 Å². The molecule has 2 rings (SSSR count). The van der Waals surface area contributed by atoms with Gasteiger partial charge in [-0.15, -0.1) is 0 Å². The number of hydrogen-bond acceptors (Lipinski definition) is 2. The second-order valence-corrected chi connectivity index (χ2v) is 5.99. The first-order chi connectivity index (χ1) is 8.97. The van der Waals surface area contributed by atoms with Crippen molar-refractivity contribution in [3.05, 3.63) is 55.9 Å². The fraction of sp³-hybridized carbons (Fsp3) is 0. The molecule has 0 unspecified atom stereocenters. The Bertz CT molecular complexity index is 647. The summed E-state index contributed by atoms with van der Waals surface area (Å²) >= 11 is 12.5. The SMILES string of the molecule is Nc1cc(Br)ccc1C(=O)Nc1ccc(Cl)c(Br)c1. The highest BCUT2D eigenvalue weighted by molar-refractivity contribution is 9.10. The second-order valence-electron chi connectivity index (χ2n) is 3.81. The Hall–Kier alpha value is -1.04. The van der Waals surface area contributed by atoms with Gasteiger partial charge in [0.05, 0.1) is 10.6 Å². The van der Waals surface area contributed by atoms with Crippen molar-refractivity contribution in [3.8, 4) is 0 Å². The first kappa shape index (κ1) is 14.4. The van der Waals surface area contributed by atoms with E-state index in [1.165, 1.54) is 0 Å². The largest absolute Gasteiger partial charge is 0.398 e. The number of amides is 1. The van der Waals surface area contributed by atoms with E-state index >= 15 is 0 Å². The number of carbonyl (C=O) groups is 1. The summed E-state index contributed by atoms with van der Waals surface area (Å²) in [5.74, 6) is -0.265. The van der Waals surface area contributed by atoms with E-state index in [9.17, 15) is 4.79 Å². The van der Waals surface area contributed by atoms with Crippen LogP contribution in [0.4, 0.5) is 11.4 Å². The molecule has 0 fully saturated rings. The third-order valence-electron chi connectivity index (χ3n) is 2.44. The molecule has 0 spiro atoms. The van der Waals surface area contributed by atoms with Gasteiger partial charge < -0.3 is 11.1 Å². The Kier molecular flexibility index (Phi) is 4.50. The minimum atomic E-state index is -0.265. The Balaban J connectivity index is 2.23. The van der Waals surface area contributed by atoms with Gasteiger partial charge in [-0.25, -0.2) is 0 Å². The number of nitrogens with one attached hydrogen (secondary N) is 1. The van der Waals surface area contributed by atoms with Crippen LogP contribution in [0.1, 0.15) is 10.4 Å². The summed E-state index contributed by atoms with van der Waals surface area (Å²) in [7, 11) is 0. The molecule has 19 heavy (non-hydrogen) atoms. The molecular formula is C13H9Br2ClN2O. The summed E-state index contributed by atoms with van der Waals surface area (Å²) in [6.45, 7) is 0. The second kappa shape index (κ2) is 5.94. The molecule has 98 valence electrons. The number of rotatable bonds is 2. The van der Waals surface area contributed by atoms with Crippen molar-refractivity contribution in [2.75, 3.05) is 11.1 Å². The zero-order chi connectivity index (χ0) is 14.0. The Labute approximate surface area is 132 Å². The molecule has 3 nitrogen and oxygen atoms in total. The molecule has 2 aromatic rings. The van der Waals surface area contributed by atoms with Crippen molar-refractivity contribution in [2.45, 2.75) is 0 Å². The maximum Gasteiger partial charge on any atom is 0.257 e. The van der Waals surface area contributed by atoms with Gasteiger partial charge in [-0.2, -0.15) is 0 Å². The van der Waals surface area contributed by atoms with Gasteiger partial charge in [0.15, 0.2) is 0 Å². The van der Waals surface area contributed by atoms with E-state index < -0.39 is 0 Å². The quantitative estimate of drug-likeness (QED) is 0.713. The molecule has 0 bridgehead atoms. The van der Waals surface area contributed by atoms with Crippen molar-refractivity contribution in [1.29, 1.82) is 0 Å². The van der Waals surface area contributed by atoms with Crippen molar-refractivity contribution >= 4 is 60.7 Å². The van der Waals surface area contributed by atoms with Crippen molar-refractivity contribution in [1.82, 2.24) is 0 Å². The average molecular weight is 404 g/mol. The molecule has 3 N–H and O–H groups in total. The van der Waals surface area contributed by atoms with E-state index in [0.29, 0.717) is 22.0 Å². The van der Waals surface area contributed by atoms with Crippen LogP contribution < -0.4 is 11.1 Å². The van der Waals surface area contributed by atoms with Crippen LogP contribution in [0.3, 0.4) is 0 Å². The molecular weight excluding hydrogens is 395 g/mol. The lowest BCUT2D eigenvalue weighted by molar-refractivity contribution is 0.102. The number of nitrogen functional groups attached to an aromatic ring is 1. The van der Waals surface area contributed by atoms with Gasteiger partial charge in [-0.05, 0) is 52.3 Å². The molecule has 6 heteroatoms. The molecule has 0 saturated heterocycles. The predicted molar refractivity (Wildman–Crippen MR) is 85.7 cm³/mol. The molecule has 0 aliphatic heterocycles. The topological polar surface area (TPSA) is 55.1 Å². The third kappa shape index (κ3) is 3.49. The minimum Gasteiger partial charge on any atom is -0.398 e. The predicted octanol–water partition coefficient (Wildman–Crippen LogP) is 4.70. The number of nitrogens with two attached hydrogens (primary N) is 1. The van der Waals surface area contributed by atoms with E-state index in [1.54, 1.807) is 36.4 Å². The molecule has 2 aromatic carbocycles. The van der Waals surface area contributed by atoms with Crippen LogP contribution in [0.25, 0.3) is 0 Å². The maximum absolute atomic E-state index is 12.1. The summed E-state index contributed by atoms with van der Waals surface area (Å²) in [5.41, 5.74) is 7.29. The molecule has 1 amide bonds. The van der Waals surface area contributed by atoms with E-state index in [0.717, 1.165) is 8.95 Å². The highest BCUT2D eigenvalue weighted by Crippen LogP contribution is 2.26. The maximum atomic E-state index is 12.1. The number of carbonyl (C=O) groups excluding carboxylic acids is 1. The summed E-state index contributed by atoms with van der Waals surface area (Å²) in [4.78, 5) is 12.1. The van der Waals surface area contributed by atoms with Crippen LogP contribution in [0.5, 0.6) is 0 Å². The van der Waals surface area contributed by atoms with Crippen molar-refractivity contribution < 1.29 is 4.79 Å². The van der Waals surface area contributed by atoms with Crippen LogP contribution in [0, 0.1) is 0 Å². The first-order valence-corrected chi connectivity index (χ1v) is 7.25. The molecule has 0 aliphatic carbocycles. The van der Waals surface area contributed by atoms with E-state index in [4.69, 9.17) is 17.3 Å². The van der Waals surface area contributed by atoms with Crippen LogP contribution in [0.15, 0.2) is 45.3 Å². The molecule has 0 aliphatic rings. The highest BCUT2D eigenvalue weighted by atomic mass is 79.9. The fourth-order valence-corrected chi connectivity index (χ4v) is 2.39. The van der Waals surface area contributed by atoms with E-state index in [2.05, 4.69) is 37.2 Å². The summed E-state index contributed by atoms with van der Waals surface area (Å²) < 4.78 is 1.55. The Morgan fingerprint density at radius 2 is 1.89 bits per heavy atom. The normalized spacial score (nSPS) is 10.3. The van der Waals surface area contributed by atoms with Gasteiger partial charge in [0.2, 0.25) is 0 Å². The third-order valence-corrected chi connectivity index (χ3v) is 4.14. The van der Waals surface area contributed by atoms with Crippen LogP contribution >= 0.6 is 43.5 Å². The van der Waals surface area contributed by atoms with Gasteiger partial charge >= 0.3 is 0 Å². The Morgan fingerprint density at radius 1 is 1.16 bits per heavy atom. The van der Waals surface area contributed by atoms with E-state index in [-0.39, 0.29) is 5.91 Å². The zero-order valence-electron chi connectivity index (χ0n) is 9.58. The summed E-state index contributed by atoms with van der Waals surface area (Å²) in [6, 6.07) is 10.3. The fourth-order valence-electron chi connectivity index (χ4n) is 1.51. The number of anilines is 2. The monoisotopic (exact) mass is 402 g/mol. The van der Waals surface area contributed by atoms with E-state index in [1.807, 2.05) is 0 Å². The average Bonchev–Trinajstić information content (AvgIpc) is 2.33. The molecule has 0 saturated carbocycles. The number of benzene rings is 2. The Morgan fingerprint density at radius 3 is 2.53 bits per heavy atom. The lowest BCUT2D eigenvalue weighted by Crippen LogP contribution is -2.13. The van der Waals surface area contributed by atoms with Gasteiger partial charge in [-0.3, -0.25) is 4.79 Å². The first-order valence-electron chi connectivity index (χ1n) is 5.29. The van der Waals surface area contributed by atoms with Crippen molar-refractivity contribution in [3.63, 3.8) is 0 Å². The standard InChI is InChI=1S/C13H9Br2ClN2O/c14-7-1-3-9(12(17)5-7)13(19)18-8-2-4-11(16)10(15)6-8/h1-6H,17H2,(H,18,19). The molecule has 0 heterocycles. The zero-order valence-corrected chi connectivity index (χ0v) is 13.5. The van der Waals surface area contributed by atoms with Crippen LogP contribution in [-0.4, -0.2) is 5.91 Å². The molecule has 0 aromatic heterocycles.